The van der Waals surface area contributed by atoms with E-state index in [0.29, 0.717) is 16.9 Å². The van der Waals surface area contributed by atoms with Gasteiger partial charge in [0.2, 0.25) is 0 Å². The summed E-state index contributed by atoms with van der Waals surface area (Å²) in [5.41, 5.74) is 3.11. The fourth-order valence-electron chi connectivity index (χ4n) is 2.37. The van der Waals surface area contributed by atoms with E-state index in [1.54, 1.807) is 24.5 Å². The number of nitrogens with zero attached hydrogens (tertiary/aromatic N) is 2. The SMILES string of the molecule is O=c1[nH]c2cccnc2nc1-c1c[nH]c2ccccc12. The highest BCUT2D eigenvalue weighted by molar-refractivity contribution is 5.94. The molecule has 0 fully saturated rings. The molecule has 96 valence electrons. The molecule has 4 rings (SSSR count). The highest BCUT2D eigenvalue weighted by atomic mass is 16.1. The van der Waals surface area contributed by atoms with Gasteiger partial charge in [0.1, 0.15) is 5.69 Å². The Morgan fingerprint density at radius 3 is 2.80 bits per heavy atom. The first-order valence-electron chi connectivity index (χ1n) is 6.24. The average Bonchev–Trinajstić information content (AvgIpc) is 2.90. The lowest BCUT2D eigenvalue weighted by Gasteiger charge is -2.00. The van der Waals surface area contributed by atoms with E-state index in [2.05, 4.69) is 19.9 Å². The monoisotopic (exact) mass is 262 g/mol. The number of hydrogen-bond donors (Lipinski definition) is 2. The van der Waals surface area contributed by atoms with E-state index < -0.39 is 0 Å². The number of aromatic amines is 2. The zero-order valence-electron chi connectivity index (χ0n) is 10.4. The molecule has 5 heteroatoms. The molecule has 20 heavy (non-hydrogen) atoms. The Balaban J connectivity index is 2.07. The van der Waals surface area contributed by atoms with Crippen LogP contribution >= 0.6 is 0 Å². The number of fused-ring (bicyclic) bond motifs is 2. The molecule has 0 aliphatic carbocycles. The maximum Gasteiger partial charge on any atom is 0.275 e. The molecule has 0 atom stereocenters. The summed E-state index contributed by atoms with van der Waals surface area (Å²) in [6, 6.07) is 11.4. The first kappa shape index (κ1) is 10.9. The summed E-state index contributed by atoms with van der Waals surface area (Å²) in [5, 5.41) is 0.973. The molecular weight excluding hydrogens is 252 g/mol. The van der Waals surface area contributed by atoms with Gasteiger partial charge in [0.15, 0.2) is 5.65 Å². The number of benzene rings is 1. The van der Waals surface area contributed by atoms with Crippen LogP contribution in [0.1, 0.15) is 0 Å². The van der Waals surface area contributed by atoms with Crippen molar-refractivity contribution in [2.45, 2.75) is 0 Å². The van der Waals surface area contributed by atoms with Crippen LogP contribution in [0.5, 0.6) is 0 Å². The van der Waals surface area contributed by atoms with E-state index in [1.807, 2.05) is 24.3 Å². The van der Waals surface area contributed by atoms with Crippen LogP contribution in [0.2, 0.25) is 0 Å². The van der Waals surface area contributed by atoms with E-state index in [4.69, 9.17) is 0 Å². The van der Waals surface area contributed by atoms with Gasteiger partial charge < -0.3 is 9.97 Å². The van der Waals surface area contributed by atoms with E-state index in [1.165, 1.54) is 0 Å². The van der Waals surface area contributed by atoms with Gasteiger partial charge in [-0.25, -0.2) is 9.97 Å². The smallest absolute Gasteiger partial charge is 0.275 e. The normalized spacial score (nSPS) is 11.2. The van der Waals surface area contributed by atoms with E-state index in [0.717, 1.165) is 16.5 Å². The van der Waals surface area contributed by atoms with Crippen molar-refractivity contribution in [1.82, 2.24) is 19.9 Å². The molecule has 5 nitrogen and oxygen atoms in total. The first-order valence-corrected chi connectivity index (χ1v) is 6.24. The quantitative estimate of drug-likeness (QED) is 0.553. The zero-order valence-corrected chi connectivity index (χ0v) is 10.4. The third-order valence-electron chi connectivity index (χ3n) is 3.31. The molecule has 0 saturated heterocycles. The maximum absolute atomic E-state index is 12.2. The Kier molecular flexibility index (Phi) is 2.20. The lowest BCUT2D eigenvalue weighted by atomic mass is 10.1. The van der Waals surface area contributed by atoms with Crippen molar-refractivity contribution in [3.05, 3.63) is 59.1 Å². The van der Waals surface area contributed by atoms with Crippen LogP contribution in [-0.2, 0) is 0 Å². The second kappa shape index (κ2) is 4.03. The molecule has 3 aromatic heterocycles. The van der Waals surface area contributed by atoms with E-state index in [-0.39, 0.29) is 5.56 Å². The number of H-pyrrole nitrogens is 2. The minimum atomic E-state index is -0.213. The van der Waals surface area contributed by atoms with Gasteiger partial charge in [0.05, 0.1) is 5.52 Å². The molecule has 0 radical (unpaired) electrons. The molecule has 2 N–H and O–H groups in total. The van der Waals surface area contributed by atoms with Crippen LogP contribution in [0.25, 0.3) is 33.3 Å². The molecule has 0 saturated carbocycles. The van der Waals surface area contributed by atoms with Gasteiger partial charge in [-0.3, -0.25) is 4.79 Å². The fraction of sp³-hybridized carbons (Fsp3) is 0. The third kappa shape index (κ3) is 1.53. The molecular formula is C15H10N4O. The summed E-state index contributed by atoms with van der Waals surface area (Å²) in [6.45, 7) is 0. The van der Waals surface area contributed by atoms with Gasteiger partial charge in [-0.05, 0) is 18.2 Å². The standard InChI is InChI=1S/C15H10N4O/c20-15-13(19-14-12(18-15)6-3-7-16-14)10-8-17-11-5-2-1-4-9(10)11/h1-8,17H,(H,18,20). The highest BCUT2D eigenvalue weighted by Gasteiger charge is 2.12. The number of nitrogens with one attached hydrogen (secondary N) is 2. The molecule has 3 heterocycles. The highest BCUT2D eigenvalue weighted by Crippen LogP contribution is 2.25. The van der Waals surface area contributed by atoms with E-state index >= 15 is 0 Å². The second-order valence-electron chi connectivity index (χ2n) is 4.54. The average molecular weight is 262 g/mol. The first-order chi connectivity index (χ1) is 9.83. The number of hydrogen-bond acceptors (Lipinski definition) is 3. The van der Waals surface area contributed by atoms with Crippen molar-refractivity contribution < 1.29 is 0 Å². The third-order valence-corrected chi connectivity index (χ3v) is 3.31. The minimum Gasteiger partial charge on any atom is -0.360 e. The Morgan fingerprint density at radius 2 is 1.85 bits per heavy atom. The number of pyridine rings is 1. The van der Waals surface area contributed by atoms with Crippen LogP contribution in [0.15, 0.2) is 53.6 Å². The molecule has 1 aromatic carbocycles. The van der Waals surface area contributed by atoms with Crippen molar-refractivity contribution in [2.24, 2.45) is 0 Å². The molecule has 0 spiro atoms. The molecule has 0 unspecified atom stereocenters. The van der Waals surface area contributed by atoms with E-state index in [9.17, 15) is 4.79 Å². The number of rotatable bonds is 1. The summed E-state index contributed by atoms with van der Waals surface area (Å²) in [6.07, 6.45) is 3.46. The maximum atomic E-state index is 12.2. The van der Waals surface area contributed by atoms with Crippen molar-refractivity contribution in [3.8, 4) is 11.3 Å². The fourth-order valence-corrected chi connectivity index (χ4v) is 2.37. The molecule has 4 aromatic rings. The Hall–Kier alpha value is -2.95. The van der Waals surface area contributed by atoms with Crippen LogP contribution < -0.4 is 5.56 Å². The summed E-state index contributed by atoms with van der Waals surface area (Å²) >= 11 is 0. The predicted octanol–water partition coefficient (Wildman–Crippen LogP) is 2.47. The lowest BCUT2D eigenvalue weighted by Crippen LogP contribution is -2.11. The lowest BCUT2D eigenvalue weighted by molar-refractivity contribution is 1.18. The van der Waals surface area contributed by atoms with Crippen LogP contribution in [0.4, 0.5) is 0 Å². The summed E-state index contributed by atoms with van der Waals surface area (Å²) in [7, 11) is 0. The predicted molar refractivity (Wildman–Crippen MR) is 77.5 cm³/mol. The van der Waals surface area contributed by atoms with Crippen molar-refractivity contribution in [1.29, 1.82) is 0 Å². The van der Waals surface area contributed by atoms with Crippen LogP contribution in [0, 0.1) is 0 Å². The van der Waals surface area contributed by atoms with Gasteiger partial charge >= 0.3 is 0 Å². The number of aromatic nitrogens is 4. The molecule has 0 amide bonds. The largest absolute Gasteiger partial charge is 0.360 e. The molecule has 0 bridgehead atoms. The zero-order chi connectivity index (χ0) is 13.5. The van der Waals surface area contributed by atoms with Crippen LogP contribution in [0.3, 0.4) is 0 Å². The molecule has 0 aliphatic rings. The summed E-state index contributed by atoms with van der Waals surface area (Å²) in [5.74, 6) is 0. The second-order valence-corrected chi connectivity index (χ2v) is 4.54. The number of para-hydroxylation sites is 1. The minimum absolute atomic E-state index is 0.213. The molecule has 0 aliphatic heterocycles. The summed E-state index contributed by atoms with van der Waals surface area (Å²) in [4.78, 5) is 26.8. The Morgan fingerprint density at radius 1 is 1.00 bits per heavy atom. The van der Waals surface area contributed by atoms with Gasteiger partial charge in [-0.15, -0.1) is 0 Å². The summed E-state index contributed by atoms with van der Waals surface area (Å²) < 4.78 is 0. The topological polar surface area (TPSA) is 74.4 Å². The van der Waals surface area contributed by atoms with Crippen molar-refractivity contribution >= 4 is 22.1 Å². The Labute approximate surface area is 113 Å². The van der Waals surface area contributed by atoms with Crippen molar-refractivity contribution in [2.75, 3.05) is 0 Å². The van der Waals surface area contributed by atoms with Crippen molar-refractivity contribution in [3.63, 3.8) is 0 Å². The van der Waals surface area contributed by atoms with Gasteiger partial charge in [-0.1, -0.05) is 18.2 Å². The van der Waals surface area contributed by atoms with Crippen LogP contribution in [-0.4, -0.2) is 19.9 Å². The van der Waals surface area contributed by atoms with Gasteiger partial charge in [0.25, 0.3) is 5.56 Å². The van der Waals surface area contributed by atoms with Gasteiger partial charge in [0, 0.05) is 28.9 Å². The van der Waals surface area contributed by atoms with Gasteiger partial charge in [-0.2, -0.15) is 0 Å². The Bertz CT molecular complexity index is 984.